The maximum absolute atomic E-state index is 13.4. The van der Waals surface area contributed by atoms with Gasteiger partial charge in [0.05, 0.1) is 28.5 Å². The van der Waals surface area contributed by atoms with E-state index in [9.17, 15) is 17.6 Å². The molecule has 0 aliphatic rings. The van der Waals surface area contributed by atoms with Crippen molar-refractivity contribution in [2.24, 2.45) is 0 Å². The summed E-state index contributed by atoms with van der Waals surface area (Å²) in [4.78, 5) is 4.08. The van der Waals surface area contributed by atoms with Crippen molar-refractivity contribution in [1.29, 1.82) is 0 Å². The summed E-state index contributed by atoms with van der Waals surface area (Å²) in [5.74, 6) is -1.29. The second-order valence-electron chi connectivity index (χ2n) is 11.7. The number of aromatic nitrogens is 8. The molecule has 0 aliphatic heterocycles. The number of hydrogen-bond acceptors (Lipinski definition) is 3. The smallest absolute Gasteiger partial charge is 0.267 e. The molecular formula is C41H31F4IrN8-3. The van der Waals surface area contributed by atoms with Crippen LogP contribution in [0.2, 0.25) is 0 Å². The number of halogens is 4. The fourth-order valence-electron chi connectivity index (χ4n) is 5.27. The maximum atomic E-state index is 13.4. The summed E-state index contributed by atoms with van der Waals surface area (Å²) < 4.78 is 60.4. The molecule has 8 aromatic rings. The molecule has 0 saturated carbocycles. The van der Waals surface area contributed by atoms with Crippen molar-refractivity contribution in [3.63, 3.8) is 0 Å². The van der Waals surface area contributed by atoms with Crippen LogP contribution >= 0.6 is 0 Å². The summed E-state index contributed by atoms with van der Waals surface area (Å²) in [6.45, 7) is 7.62. The van der Waals surface area contributed by atoms with Gasteiger partial charge in [-0.2, -0.15) is 24.3 Å². The van der Waals surface area contributed by atoms with Gasteiger partial charge in [0.15, 0.2) is 0 Å². The van der Waals surface area contributed by atoms with Gasteiger partial charge in [-0.05, 0) is 93.3 Å². The van der Waals surface area contributed by atoms with E-state index in [1.807, 2.05) is 45.9 Å². The quantitative estimate of drug-likeness (QED) is 0.106. The van der Waals surface area contributed by atoms with Crippen molar-refractivity contribution in [3.8, 4) is 34.1 Å². The predicted molar refractivity (Wildman–Crippen MR) is 187 cm³/mol. The molecule has 8 rings (SSSR count). The SMILES string of the molecule is Cc1c(C)[n+](-c2cccc(F)c2)[c-]n1-c1[c-]ccc(F)c1.Cc1c(C)[n+](-c2cccc(F)c2)[c-]n1-c1[c-]ccc(F)c1.[Ir].c1ccc(-c2cnn[n-]2)nc1. The van der Waals surface area contributed by atoms with Crippen LogP contribution in [0.1, 0.15) is 22.8 Å². The molecule has 0 N–H and O–H groups in total. The molecule has 54 heavy (non-hydrogen) atoms. The largest absolute Gasteiger partial charge is 0.358 e. The van der Waals surface area contributed by atoms with Crippen LogP contribution in [0.4, 0.5) is 17.6 Å². The Bertz CT molecular complexity index is 2190. The van der Waals surface area contributed by atoms with Crippen LogP contribution in [0.15, 0.2) is 116 Å². The Morgan fingerprint density at radius 1 is 0.611 bits per heavy atom. The molecule has 4 aromatic carbocycles. The molecule has 0 atom stereocenters. The Kier molecular flexibility index (Phi) is 12.8. The summed E-state index contributed by atoms with van der Waals surface area (Å²) in [5.41, 5.74) is 7.56. The van der Waals surface area contributed by atoms with E-state index in [4.69, 9.17) is 0 Å². The predicted octanol–water partition coefficient (Wildman–Crippen LogP) is 6.99. The van der Waals surface area contributed by atoms with E-state index in [0.717, 1.165) is 28.5 Å². The Morgan fingerprint density at radius 3 is 1.52 bits per heavy atom. The molecule has 0 bridgehead atoms. The van der Waals surface area contributed by atoms with Gasteiger partial charge in [0.1, 0.15) is 11.6 Å². The van der Waals surface area contributed by atoms with E-state index < -0.39 is 0 Å². The summed E-state index contributed by atoms with van der Waals surface area (Å²) in [6, 6.07) is 32.6. The number of nitrogens with zero attached hydrogens (tertiary/aromatic N) is 8. The summed E-state index contributed by atoms with van der Waals surface area (Å²) in [5, 5.41) is 10.8. The van der Waals surface area contributed by atoms with Crippen LogP contribution in [0.5, 0.6) is 0 Å². The molecule has 0 amide bonds. The topological polar surface area (TPSA) is 70.4 Å². The first kappa shape index (κ1) is 39.2. The third kappa shape index (κ3) is 9.11. The fraction of sp³-hybridized carbons (Fsp3) is 0.0976. The van der Waals surface area contributed by atoms with Gasteiger partial charge in [-0.3, -0.25) is 19.3 Å². The van der Waals surface area contributed by atoms with Crippen molar-refractivity contribution >= 4 is 0 Å². The van der Waals surface area contributed by atoms with Crippen molar-refractivity contribution in [1.82, 2.24) is 29.5 Å². The zero-order chi connectivity index (χ0) is 37.5. The van der Waals surface area contributed by atoms with Gasteiger partial charge < -0.3 is 19.3 Å². The number of rotatable bonds is 5. The van der Waals surface area contributed by atoms with Crippen molar-refractivity contribution in [2.75, 3.05) is 0 Å². The van der Waals surface area contributed by atoms with Gasteiger partial charge in [0.2, 0.25) is 0 Å². The van der Waals surface area contributed by atoms with Crippen LogP contribution < -0.4 is 14.2 Å². The molecule has 13 heteroatoms. The molecule has 0 spiro atoms. The standard InChI is InChI=1S/2C17H13F2N2.C7H5N4.Ir/c2*1-12-13(2)21(17-8-4-6-15(19)10-17)11-20(12)16-7-3-5-14(18)9-16;1-2-4-8-6(3-1)7-5-9-11-10-7;/h2*3-7,9-10H,1-2H3;1-5H;/q3*-1;. The fourth-order valence-corrected chi connectivity index (χ4v) is 5.27. The summed E-state index contributed by atoms with van der Waals surface area (Å²) in [7, 11) is 0. The molecule has 0 fully saturated rings. The van der Waals surface area contributed by atoms with E-state index in [1.54, 1.807) is 54.9 Å². The van der Waals surface area contributed by atoms with E-state index >= 15 is 0 Å². The minimum absolute atomic E-state index is 0. The van der Waals surface area contributed by atoms with Gasteiger partial charge in [0, 0.05) is 49.3 Å². The average molecular weight is 904 g/mol. The first-order valence-corrected chi connectivity index (χ1v) is 16.2. The Labute approximate surface area is 323 Å². The number of pyridine rings is 1. The Morgan fingerprint density at radius 2 is 1.11 bits per heavy atom. The molecule has 0 unspecified atom stereocenters. The van der Waals surface area contributed by atoms with Crippen LogP contribution in [0.3, 0.4) is 0 Å². The minimum atomic E-state index is -0.333. The van der Waals surface area contributed by atoms with Crippen LogP contribution in [0, 0.1) is 75.8 Å². The van der Waals surface area contributed by atoms with Crippen molar-refractivity contribution in [3.05, 3.63) is 186 Å². The van der Waals surface area contributed by atoms with Crippen LogP contribution in [-0.2, 0) is 20.1 Å². The van der Waals surface area contributed by atoms with Gasteiger partial charge in [0.25, 0.3) is 12.7 Å². The van der Waals surface area contributed by atoms with Crippen LogP contribution in [0.25, 0.3) is 34.1 Å². The zero-order valence-corrected chi connectivity index (χ0v) is 31.8. The zero-order valence-electron chi connectivity index (χ0n) is 29.4. The van der Waals surface area contributed by atoms with E-state index in [2.05, 4.69) is 45.2 Å². The monoisotopic (exact) mass is 904 g/mol. The molecular weight excluding hydrogens is 873 g/mol. The summed E-state index contributed by atoms with van der Waals surface area (Å²) >= 11 is 0. The first-order chi connectivity index (χ1) is 25.6. The van der Waals surface area contributed by atoms with E-state index in [0.29, 0.717) is 28.4 Å². The Balaban J connectivity index is 0.000000162. The molecule has 4 heterocycles. The van der Waals surface area contributed by atoms with Gasteiger partial charge in [-0.15, -0.1) is 24.3 Å². The molecule has 275 valence electrons. The second kappa shape index (κ2) is 17.7. The van der Waals surface area contributed by atoms with E-state index in [-0.39, 0.29) is 43.4 Å². The minimum Gasteiger partial charge on any atom is -0.358 e. The number of benzene rings is 4. The third-order valence-electron chi connectivity index (χ3n) is 8.21. The average Bonchev–Trinajstić information content (AvgIpc) is 3.88. The van der Waals surface area contributed by atoms with Crippen molar-refractivity contribution < 1.29 is 46.8 Å². The third-order valence-corrected chi connectivity index (χ3v) is 8.21. The molecule has 0 aliphatic carbocycles. The van der Waals surface area contributed by atoms with Gasteiger partial charge in [-0.1, -0.05) is 24.4 Å². The molecule has 8 nitrogen and oxygen atoms in total. The first-order valence-electron chi connectivity index (χ1n) is 16.2. The number of imidazole rings is 2. The normalized spacial score (nSPS) is 10.4. The van der Waals surface area contributed by atoms with Gasteiger partial charge >= 0.3 is 0 Å². The maximum Gasteiger partial charge on any atom is 0.267 e. The molecule has 1 radical (unpaired) electrons. The van der Waals surface area contributed by atoms with Gasteiger partial charge in [-0.25, -0.2) is 17.6 Å². The Hall–Kier alpha value is -6.04. The molecule has 4 aromatic heterocycles. The van der Waals surface area contributed by atoms with E-state index in [1.165, 1.54) is 60.7 Å². The van der Waals surface area contributed by atoms with Crippen LogP contribution in [-0.4, -0.2) is 24.4 Å². The number of hydrogen-bond donors (Lipinski definition) is 0. The van der Waals surface area contributed by atoms with Crippen molar-refractivity contribution in [2.45, 2.75) is 27.7 Å². The summed E-state index contributed by atoms with van der Waals surface area (Å²) in [6.07, 6.45) is 9.51. The molecule has 0 saturated heterocycles. The second-order valence-corrected chi connectivity index (χ2v) is 11.7.